The van der Waals surface area contributed by atoms with E-state index in [0.717, 1.165) is 43.8 Å². The van der Waals surface area contributed by atoms with Gasteiger partial charge in [-0.1, -0.05) is 23.4 Å². The molecule has 1 aliphatic carbocycles. The molecule has 126 valence electrons. The lowest BCUT2D eigenvalue weighted by Crippen LogP contribution is -2.30. The summed E-state index contributed by atoms with van der Waals surface area (Å²) in [5.74, 6) is 2.91. The third-order valence-electron chi connectivity index (χ3n) is 4.59. The van der Waals surface area contributed by atoms with Crippen LogP contribution in [0.3, 0.4) is 0 Å². The summed E-state index contributed by atoms with van der Waals surface area (Å²) in [6, 6.07) is 10.2. The van der Waals surface area contributed by atoms with Gasteiger partial charge in [0.2, 0.25) is 11.8 Å². The zero-order valence-corrected chi connectivity index (χ0v) is 14.4. The van der Waals surface area contributed by atoms with Crippen LogP contribution in [0.4, 0.5) is 0 Å². The van der Waals surface area contributed by atoms with Crippen LogP contribution < -0.4 is 0 Å². The van der Waals surface area contributed by atoms with E-state index in [2.05, 4.69) is 22.3 Å². The molecule has 1 atom stereocenters. The van der Waals surface area contributed by atoms with Crippen molar-refractivity contribution in [3.63, 3.8) is 0 Å². The van der Waals surface area contributed by atoms with Gasteiger partial charge in [0.1, 0.15) is 6.04 Å². The molecule has 1 saturated carbocycles. The Morgan fingerprint density at radius 2 is 2.08 bits per heavy atom. The second-order valence-corrected chi connectivity index (χ2v) is 7.59. The summed E-state index contributed by atoms with van der Waals surface area (Å²) in [7, 11) is 0. The molecule has 0 spiro atoms. The molecule has 2 fully saturated rings. The Bertz CT molecular complexity index is 699. The Balaban J connectivity index is 1.34. The second-order valence-electron chi connectivity index (χ2n) is 6.42. The average molecular weight is 343 g/mol. The van der Waals surface area contributed by atoms with Gasteiger partial charge in [0.15, 0.2) is 5.82 Å². The molecule has 2 heterocycles. The molecular formula is C18H21N3O2S. The van der Waals surface area contributed by atoms with Crippen LogP contribution in [-0.2, 0) is 4.79 Å². The van der Waals surface area contributed by atoms with Crippen molar-refractivity contribution in [3.8, 4) is 0 Å². The molecule has 1 amide bonds. The smallest absolute Gasteiger partial charge is 0.249 e. The zero-order chi connectivity index (χ0) is 16.4. The van der Waals surface area contributed by atoms with Crippen molar-refractivity contribution in [2.24, 2.45) is 0 Å². The van der Waals surface area contributed by atoms with Crippen LogP contribution in [0, 0.1) is 0 Å². The minimum Gasteiger partial charge on any atom is -0.337 e. The minimum atomic E-state index is -0.0285. The minimum absolute atomic E-state index is 0.0285. The van der Waals surface area contributed by atoms with Crippen molar-refractivity contribution >= 4 is 17.7 Å². The molecule has 2 aromatic rings. The number of likely N-dealkylation sites (tertiary alicyclic amines) is 1. The van der Waals surface area contributed by atoms with Gasteiger partial charge in [0.25, 0.3) is 0 Å². The lowest BCUT2D eigenvalue weighted by atomic mass is 10.2. The van der Waals surface area contributed by atoms with Gasteiger partial charge in [-0.15, -0.1) is 11.8 Å². The van der Waals surface area contributed by atoms with Gasteiger partial charge in [-0.05, 0) is 37.8 Å². The number of thioether (sulfide) groups is 1. The highest BCUT2D eigenvalue weighted by Crippen LogP contribution is 2.39. The monoisotopic (exact) mass is 343 g/mol. The highest BCUT2D eigenvalue weighted by molar-refractivity contribution is 7.99. The molecule has 1 aliphatic heterocycles. The first-order chi connectivity index (χ1) is 11.8. The lowest BCUT2D eigenvalue weighted by Gasteiger charge is -2.21. The third-order valence-corrected chi connectivity index (χ3v) is 5.60. The van der Waals surface area contributed by atoms with Gasteiger partial charge < -0.3 is 9.42 Å². The van der Waals surface area contributed by atoms with Crippen LogP contribution in [-0.4, -0.2) is 33.2 Å². The van der Waals surface area contributed by atoms with Crippen LogP contribution in [0.25, 0.3) is 0 Å². The molecule has 2 aliphatic rings. The Kier molecular flexibility index (Phi) is 4.56. The van der Waals surface area contributed by atoms with Crippen LogP contribution in [0.1, 0.15) is 55.8 Å². The van der Waals surface area contributed by atoms with E-state index in [1.807, 2.05) is 23.1 Å². The summed E-state index contributed by atoms with van der Waals surface area (Å²) >= 11 is 1.72. The maximum Gasteiger partial charge on any atom is 0.249 e. The highest BCUT2D eigenvalue weighted by Gasteiger charge is 2.35. The third kappa shape index (κ3) is 3.48. The van der Waals surface area contributed by atoms with Crippen molar-refractivity contribution in [3.05, 3.63) is 42.0 Å². The van der Waals surface area contributed by atoms with Gasteiger partial charge in [-0.25, -0.2) is 0 Å². The summed E-state index contributed by atoms with van der Waals surface area (Å²) in [6.07, 6.45) is 4.78. The summed E-state index contributed by atoms with van der Waals surface area (Å²) in [5.41, 5.74) is 0. The summed E-state index contributed by atoms with van der Waals surface area (Å²) in [5, 5.41) is 4.09. The fourth-order valence-corrected chi connectivity index (χ4v) is 3.99. The first-order valence-corrected chi connectivity index (χ1v) is 9.60. The fraction of sp³-hybridized carbons (Fsp3) is 0.500. The number of aromatic nitrogens is 2. The number of carbonyl (C=O) groups is 1. The number of hydrogen-bond acceptors (Lipinski definition) is 5. The van der Waals surface area contributed by atoms with E-state index in [9.17, 15) is 4.79 Å². The zero-order valence-electron chi connectivity index (χ0n) is 13.6. The molecule has 1 saturated heterocycles. The van der Waals surface area contributed by atoms with E-state index in [1.165, 1.54) is 4.90 Å². The predicted octanol–water partition coefficient (Wildman–Crippen LogP) is 3.79. The second kappa shape index (κ2) is 6.97. The Labute approximate surface area is 145 Å². The summed E-state index contributed by atoms with van der Waals surface area (Å²) in [4.78, 5) is 20.3. The molecule has 0 radical (unpaired) electrons. The number of amides is 1. The van der Waals surface area contributed by atoms with Gasteiger partial charge >= 0.3 is 0 Å². The van der Waals surface area contributed by atoms with Crippen molar-refractivity contribution in [2.75, 3.05) is 12.3 Å². The SMILES string of the molecule is O=C(CCSc1ccccc1)N1CCCC1c1nc(C2CC2)no1. The normalized spacial score (nSPS) is 20.5. The standard InChI is InChI=1S/C18H21N3O2S/c22-16(10-12-24-14-5-2-1-3-6-14)21-11-4-7-15(21)18-19-17(20-23-18)13-8-9-13/h1-3,5-6,13,15H,4,7-12H2. The molecule has 6 heteroatoms. The number of benzene rings is 1. The molecular weight excluding hydrogens is 322 g/mol. The van der Waals surface area contributed by atoms with Crippen LogP contribution >= 0.6 is 11.8 Å². The maximum absolute atomic E-state index is 12.6. The van der Waals surface area contributed by atoms with Crippen molar-refractivity contribution in [1.29, 1.82) is 0 Å². The van der Waals surface area contributed by atoms with Gasteiger partial charge in [-0.3, -0.25) is 4.79 Å². The molecule has 1 aromatic carbocycles. The molecule has 5 nitrogen and oxygen atoms in total. The van der Waals surface area contributed by atoms with Crippen molar-refractivity contribution in [1.82, 2.24) is 15.0 Å². The number of rotatable bonds is 6. The molecule has 1 aromatic heterocycles. The van der Waals surface area contributed by atoms with E-state index >= 15 is 0 Å². The Morgan fingerprint density at radius 3 is 2.88 bits per heavy atom. The molecule has 4 rings (SSSR count). The van der Waals surface area contributed by atoms with E-state index < -0.39 is 0 Å². The molecule has 1 unspecified atom stereocenters. The lowest BCUT2D eigenvalue weighted by molar-refractivity contribution is -0.132. The predicted molar refractivity (Wildman–Crippen MR) is 91.7 cm³/mol. The first-order valence-electron chi connectivity index (χ1n) is 8.62. The van der Waals surface area contributed by atoms with E-state index in [-0.39, 0.29) is 11.9 Å². The number of nitrogens with zero attached hydrogens (tertiary/aromatic N) is 3. The van der Waals surface area contributed by atoms with Crippen LogP contribution in [0.15, 0.2) is 39.8 Å². The summed E-state index contributed by atoms with van der Waals surface area (Å²) in [6.45, 7) is 0.792. The highest BCUT2D eigenvalue weighted by atomic mass is 32.2. The Hall–Kier alpha value is -1.82. The van der Waals surface area contributed by atoms with Gasteiger partial charge in [0, 0.05) is 29.5 Å². The fourth-order valence-electron chi connectivity index (χ4n) is 3.13. The van der Waals surface area contributed by atoms with Crippen LogP contribution in [0.2, 0.25) is 0 Å². The maximum atomic E-state index is 12.6. The molecule has 0 bridgehead atoms. The van der Waals surface area contributed by atoms with E-state index in [0.29, 0.717) is 18.2 Å². The van der Waals surface area contributed by atoms with Crippen molar-refractivity contribution in [2.45, 2.75) is 49.0 Å². The quantitative estimate of drug-likeness (QED) is 0.747. The number of carbonyl (C=O) groups excluding carboxylic acids is 1. The van der Waals surface area contributed by atoms with E-state index in [4.69, 9.17) is 4.52 Å². The Morgan fingerprint density at radius 1 is 1.25 bits per heavy atom. The van der Waals surface area contributed by atoms with E-state index in [1.54, 1.807) is 11.8 Å². The molecule has 0 N–H and O–H groups in total. The summed E-state index contributed by atoms with van der Waals surface area (Å²) < 4.78 is 5.44. The van der Waals surface area contributed by atoms with Crippen molar-refractivity contribution < 1.29 is 9.32 Å². The largest absolute Gasteiger partial charge is 0.337 e. The van der Waals surface area contributed by atoms with Gasteiger partial charge in [-0.2, -0.15) is 4.98 Å². The van der Waals surface area contributed by atoms with Crippen LogP contribution in [0.5, 0.6) is 0 Å². The topological polar surface area (TPSA) is 59.2 Å². The van der Waals surface area contributed by atoms with Gasteiger partial charge in [0.05, 0.1) is 0 Å². The molecule has 24 heavy (non-hydrogen) atoms. The average Bonchev–Trinajstić information content (AvgIpc) is 3.14. The first kappa shape index (κ1) is 15.7. The number of hydrogen-bond donors (Lipinski definition) is 0.